The van der Waals surface area contributed by atoms with Gasteiger partial charge in [-0.15, -0.1) is 24.2 Å². The number of rotatable bonds is 2. The van der Waals surface area contributed by atoms with Crippen LogP contribution in [-0.4, -0.2) is 40.4 Å². The molecule has 2 N–H and O–H groups in total. The summed E-state index contributed by atoms with van der Waals surface area (Å²) in [4.78, 5) is 13.9. The lowest BCUT2D eigenvalue weighted by molar-refractivity contribution is -0.130. The maximum atomic E-state index is 12.0. The molecule has 0 radical (unpaired) electrons. The van der Waals surface area contributed by atoms with Gasteiger partial charge in [-0.2, -0.15) is 0 Å². The molecule has 3 nitrogen and oxygen atoms in total. The SMILES string of the molecule is CC1CN(C(=O)CSC(C)(C)C)CCC1N.Cl. The average Bonchev–Trinajstić information content (AvgIpc) is 2.17. The lowest BCUT2D eigenvalue weighted by Crippen LogP contribution is -2.48. The molecule has 1 amide bonds. The van der Waals surface area contributed by atoms with E-state index < -0.39 is 0 Å². The van der Waals surface area contributed by atoms with Gasteiger partial charge in [0.05, 0.1) is 5.75 Å². The Hall–Kier alpha value is 0.0700. The number of halogens is 1. The Morgan fingerprint density at radius 1 is 1.47 bits per heavy atom. The van der Waals surface area contributed by atoms with Gasteiger partial charge in [0.1, 0.15) is 0 Å². The van der Waals surface area contributed by atoms with Crippen LogP contribution in [0.2, 0.25) is 0 Å². The lowest BCUT2D eigenvalue weighted by Gasteiger charge is -2.35. The molecule has 0 aromatic rings. The Kier molecular flexibility index (Phi) is 6.89. The maximum absolute atomic E-state index is 12.0. The summed E-state index contributed by atoms with van der Waals surface area (Å²) in [6.45, 7) is 10.2. The first kappa shape index (κ1) is 17.1. The Labute approximate surface area is 115 Å². The van der Waals surface area contributed by atoms with Gasteiger partial charge in [-0.05, 0) is 12.3 Å². The van der Waals surface area contributed by atoms with E-state index in [1.807, 2.05) is 4.90 Å². The van der Waals surface area contributed by atoms with E-state index in [1.165, 1.54) is 0 Å². The van der Waals surface area contributed by atoms with E-state index in [1.54, 1.807) is 11.8 Å². The smallest absolute Gasteiger partial charge is 0.232 e. The highest BCUT2D eigenvalue weighted by Gasteiger charge is 2.26. The minimum atomic E-state index is 0. The van der Waals surface area contributed by atoms with E-state index in [4.69, 9.17) is 5.73 Å². The van der Waals surface area contributed by atoms with Crippen molar-refractivity contribution in [3.05, 3.63) is 0 Å². The minimum Gasteiger partial charge on any atom is -0.342 e. The predicted molar refractivity (Wildman–Crippen MR) is 77.8 cm³/mol. The van der Waals surface area contributed by atoms with Crippen molar-refractivity contribution < 1.29 is 4.79 Å². The quantitative estimate of drug-likeness (QED) is 0.843. The number of nitrogens with two attached hydrogens (primary N) is 1. The molecule has 1 heterocycles. The second kappa shape index (κ2) is 6.86. The molecule has 2 unspecified atom stereocenters. The number of thioether (sulfide) groups is 1. The van der Waals surface area contributed by atoms with Crippen molar-refractivity contribution in [2.75, 3.05) is 18.8 Å². The molecule has 17 heavy (non-hydrogen) atoms. The van der Waals surface area contributed by atoms with Crippen molar-refractivity contribution in [1.82, 2.24) is 4.90 Å². The minimum absolute atomic E-state index is 0. The fourth-order valence-corrected chi connectivity index (χ4v) is 2.50. The van der Waals surface area contributed by atoms with Crippen LogP contribution in [0.1, 0.15) is 34.1 Å². The summed E-state index contributed by atoms with van der Waals surface area (Å²) in [5.41, 5.74) is 5.94. The normalized spacial score (nSPS) is 25.4. The summed E-state index contributed by atoms with van der Waals surface area (Å²) in [5.74, 6) is 1.28. The number of nitrogens with zero attached hydrogens (tertiary/aromatic N) is 1. The van der Waals surface area contributed by atoms with Gasteiger partial charge in [0, 0.05) is 23.9 Å². The van der Waals surface area contributed by atoms with Gasteiger partial charge in [-0.3, -0.25) is 4.79 Å². The van der Waals surface area contributed by atoms with E-state index in [0.717, 1.165) is 19.5 Å². The molecule has 1 aliphatic rings. The number of carbonyl (C=O) groups is 1. The van der Waals surface area contributed by atoms with Gasteiger partial charge >= 0.3 is 0 Å². The molecule has 0 aromatic carbocycles. The zero-order chi connectivity index (χ0) is 12.3. The van der Waals surface area contributed by atoms with Gasteiger partial charge in [0.15, 0.2) is 0 Å². The van der Waals surface area contributed by atoms with Crippen molar-refractivity contribution in [1.29, 1.82) is 0 Å². The second-order valence-corrected chi connectivity index (χ2v) is 7.47. The van der Waals surface area contributed by atoms with Crippen molar-refractivity contribution in [3.8, 4) is 0 Å². The number of hydrogen-bond acceptors (Lipinski definition) is 3. The lowest BCUT2D eigenvalue weighted by atomic mass is 9.95. The van der Waals surface area contributed by atoms with E-state index in [0.29, 0.717) is 11.7 Å². The Balaban J connectivity index is 0.00000256. The molecule has 0 saturated carbocycles. The second-order valence-electron chi connectivity index (χ2n) is 5.67. The number of piperidine rings is 1. The van der Waals surface area contributed by atoms with Gasteiger partial charge in [0.25, 0.3) is 0 Å². The van der Waals surface area contributed by atoms with Crippen LogP contribution in [0.4, 0.5) is 0 Å². The van der Waals surface area contributed by atoms with Crippen LogP contribution in [0.3, 0.4) is 0 Å². The number of likely N-dealkylation sites (tertiary alicyclic amines) is 1. The van der Waals surface area contributed by atoms with Crippen molar-refractivity contribution in [2.45, 2.75) is 44.9 Å². The van der Waals surface area contributed by atoms with Crippen molar-refractivity contribution >= 4 is 30.1 Å². The molecule has 1 fully saturated rings. The maximum Gasteiger partial charge on any atom is 0.232 e. The molecule has 0 bridgehead atoms. The third-order valence-electron chi connectivity index (χ3n) is 2.95. The van der Waals surface area contributed by atoms with Crippen molar-refractivity contribution in [3.63, 3.8) is 0 Å². The third kappa shape index (κ3) is 5.98. The molecule has 1 rings (SSSR count). The Morgan fingerprint density at radius 2 is 2.06 bits per heavy atom. The van der Waals surface area contributed by atoms with Gasteiger partial charge in [-0.1, -0.05) is 27.7 Å². The first-order valence-electron chi connectivity index (χ1n) is 5.97. The van der Waals surface area contributed by atoms with Crippen molar-refractivity contribution in [2.24, 2.45) is 11.7 Å². The van der Waals surface area contributed by atoms with Gasteiger partial charge in [0.2, 0.25) is 5.91 Å². The number of hydrogen-bond donors (Lipinski definition) is 1. The Morgan fingerprint density at radius 3 is 2.53 bits per heavy atom. The summed E-state index contributed by atoms with van der Waals surface area (Å²) < 4.78 is 0.160. The summed E-state index contributed by atoms with van der Waals surface area (Å²) in [5, 5.41) is 0. The summed E-state index contributed by atoms with van der Waals surface area (Å²) in [7, 11) is 0. The molecular formula is C12H25ClN2OS. The van der Waals surface area contributed by atoms with Crippen LogP contribution >= 0.6 is 24.2 Å². The first-order chi connectivity index (χ1) is 7.29. The van der Waals surface area contributed by atoms with Crippen LogP contribution in [0, 0.1) is 5.92 Å². The third-order valence-corrected chi connectivity index (χ3v) is 4.21. The fraction of sp³-hybridized carbons (Fsp3) is 0.917. The highest BCUT2D eigenvalue weighted by Crippen LogP contribution is 2.24. The zero-order valence-corrected chi connectivity index (χ0v) is 12.9. The molecule has 0 aliphatic carbocycles. The van der Waals surface area contributed by atoms with Crippen LogP contribution in [0.5, 0.6) is 0 Å². The monoisotopic (exact) mass is 280 g/mol. The number of carbonyl (C=O) groups excluding carboxylic acids is 1. The molecule has 0 spiro atoms. The van der Waals surface area contributed by atoms with Crippen LogP contribution in [0.25, 0.3) is 0 Å². The predicted octanol–water partition coefficient (Wildman–Crippen LogP) is 2.14. The highest BCUT2D eigenvalue weighted by atomic mass is 35.5. The molecule has 0 aromatic heterocycles. The molecule has 2 atom stereocenters. The van der Waals surface area contributed by atoms with E-state index in [-0.39, 0.29) is 29.1 Å². The van der Waals surface area contributed by atoms with E-state index >= 15 is 0 Å². The largest absolute Gasteiger partial charge is 0.342 e. The zero-order valence-electron chi connectivity index (χ0n) is 11.2. The van der Waals surface area contributed by atoms with Crippen LogP contribution in [-0.2, 0) is 4.79 Å². The Bertz CT molecular complexity index is 255. The molecular weight excluding hydrogens is 256 g/mol. The summed E-state index contributed by atoms with van der Waals surface area (Å²) in [6.07, 6.45) is 0.938. The molecule has 1 aliphatic heterocycles. The average molecular weight is 281 g/mol. The van der Waals surface area contributed by atoms with E-state index in [2.05, 4.69) is 27.7 Å². The molecule has 5 heteroatoms. The standard InChI is InChI=1S/C12H24N2OS.ClH/c1-9-7-14(6-5-10(9)13)11(15)8-16-12(2,3)4;/h9-10H,5-8,13H2,1-4H3;1H. The van der Waals surface area contributed by atoms with Gasteiger partial charge in [-0.25, -0.2) is 0 Å². The van der Waals surface area contributed by atoms with Gasteiger partial charge < -0.3 is 10.6 Å². The molecule has 1 saturated heterocycles. The summed E-state index contributed by atoms with van der Waals surface area (Å²) in [6, 6.07) is 0.263. The van der Waals surface area contributed by atoms with E-state index in [9.17, 15) is 4.79 Å². The molecule has 102 valence electrons. The number of amides is 1. The fourth-order valence-electron chi connectivity index (χ4n) is 1.76. The van der Waals surface area contributed by atoms with Crippen LogP contribution < -0.4 is 5.73 Å². The van der Waals surface area contributed by atoms with Crippen LogP contribution in [0.15, 0.2) is 0 Å². The topological polar surface area (TPSA) is 46.3 Å². The highest BCUT2D eigenvalue weighted by molar-refractivity contribution is 8.01. The first-order valence-corrected chi connectivity index (χ1v) is 6.95. The summed E-state index contributed by atoms with van der Waals surface area (Å²) >= 11 is 1.71.